The van der Waals surface area contributed by atoms with Crippen molar-refractivity contribution in [2.75, 3.05) is 33.7 Å². The number of likely N-dealkylation sites (N-methyl/N-ethyl adjacent to an activating group) is 1. The van der Waals surface area contributed by atoms with Crippen LogP contribution in [-0.4, -0.2) is 66.6 Å². The lowest BCUT2D eigenvalue weighted by molar-refractivity contribution is -0.140. The van der Waals surface area contributed by atoms with E-state index < -0.39 is 5.97 Å². The zero-order valence-electron chi connectivity index (χ0n) is 18.7. The van der Waals surface area contributed by atoms with E-state index in [0.29, 0.717) is 18.7 Å². The quantitative estimate of drug-likeness (QED) is 0.739. The number of nitrogens with one attached hydrogen (secondary N) is 2. The molecule has 7 nitrogen and oxygen atoms in total. The van der Waals surface area contributed by atoms with Crippen LogP contribution in [0, 0.1) is 0 Å². The van der Waals surface area contributed by atoms with Crippen molar-refractivity contribution in [1.29, 1.82) is 0 Å². The lowest BCUT2D eigenvalue weighted by atomic mass is 9.82. The average molecular weight is 413 g/mol. The van der Waals surface area contributed by atoms with Gasteiger partial charge in [-0.15, -0.1) is 0 Å². The van der Waals surface area contributed by atoms with Crippen LogP contribution in [0.3, 0.4) is 0 Å². The Labute approximate surface area is 178 Å². The van der Waals surface area contributed by atoms with Gasteiger partial charge in [0.05, 0.1) is 17.4 Å². The van der Waals surface area contributed by atoms with Gasteiger partial charge in [-0.3, -0.25) is 4.90 Å². The van der Waals surface area contributed by atoms with Gasteiger partial charge < -0.3 is 19.9 Å². The molecule has 1 aliphatic heterocycles. The number of carbonyl (C=O) groups excluding carboxylic acids is 2. The standard InChI is InChI=1S/C23H32N4O3/c1-15(2)30-21(28)17-13-27(22(29)24-11-12-26(5)6)14-23(3,4)19-16-9-7-8-10-18(16)25-20(17)19/h7-10,13,15,25H,11-12,14H2,1-6H3,(H,24,29). The number of benzene rings is 1. The summed E-state index contributed by atoms with van der Waals surface area (Å²) in [6.07, 6.45) is 1.36. The highest BCUT2D eigenvalue weighted by Gasteiger charge is 2.37. The Bertz CT molecular complexity index is 972. The number of amides is 2. The van der Waals surface area contributed by atoms with Crippen LogP contribution in [0.25, 0.3) is 16.5 Å². The predicted octanol–water partition coefficient (Wildman–Crippen LogP) is 3.32. The SMILES string of the molecule is CC(C)OC(=O)C1=CN(C(=O)NCCN(C)C)CC(C)(C)c2c1[nH]c1ccccc21. The van der Waals surface area contributed by atoms with Crippen molar-refractivity contribution in [3.05, 3.63) is 41.7 Å². The van der Waals surface area contributed by atoms with E-state index in [0.717, 1.165) is 28.7 Å². The van der Waals surface area contributed by atoms with E-state index in [1.807, 2.05) is 57.1 Å². The molecule has 0 atom stereocenters. The zero-order valence-corrected chi connectivity index (χ0v) is 18.7. The van der Waals surface area contributed by atoms with Crippen LogP contribution in [0.5, 0.6) is 0 Å². The molecule has 0 saturated heterocycles. The van der Waals surface area contributed by atoms with Gasteiger partial charge in [-0.25, -0.2) is 9.59 Å². The van der Waals surface area contributed by atoms with Crippen LogP contribution < -0.4 is 5.32 Å². The molecule has 3 rings (SSSR count). The van der Waals surface area contributed by atoms with E-state index in [4.69, 9.17) is 4.74 Å². The van der Waals surface area contributed by atoms with E-state index in [1.54, 1.807) is 11.1 Å². The molecule has 30 heavy (non-hydrogen) atoms. The van der Waals surface area contributed by atoms with Crippen molar-refractivity contribution in [2.24, 2.45) is 0 Å². The van der Waals surface area contributed by atoms with Crippen LogP contribution in [0.4, 0.5) is 4.79 Å². The number of carbonyl (C=O) groups is 2. The average Bonchev–Trinajstić information content (AvgIpc) is 2.98. The number of H-pyrrole nitrogens is 1. The van der Waals surface area contributed by atoms with Gasteiger partial charge >= 0.3 is 12.0 Å². The maximum atomic E-state index is 13.0. The topological polar surface area (TPSA) is 77.7 Å². The molecule has 0 saturated carbocycles. The lowest BCUT2D eigenvalue weighted by Crippen LogP contribution is -2.44. The van der Waals surface area contributed by atoms with E-state index >= 15 is 0 Å². The summed E-state index contributed by atoms with van der Waals surface area (Å²) >= 11 is 0. The summed E-state index contributed by atoms with van der Waals surface area (Å²) in [5, 5.41) is 4.00. The third kappa shape index (κ3) is 4.51. The Hall–Kier alpha value is -2.80. The summed E-state index contributed by atoms with van der Waals surface area (Å²) in [5.74, 6) is -0.443. The highest BCUT2D eigenvalue weighted by atomic mass is 16.5. The normalized spacial score (nSPS) is 15.7. The molecular weight excluding hydrogens is 380 g/mol. The van der Waals surface area contributed by atoms with Crippen molar-refractivity contribution in [3.63, 3.8) is 0 Å². The molecule has 0 spiro atoms. The summed E-state index contributed by atoms with van der Waals surface area (Å²) in [6.45, 7) is 9.52. The van der Waals surface area contributed by atoms with Crippen molar-refractivity contribution < 1.29 is 14.3 Å². The number of hydrogen-bond acceptors (Lipinski definition) is 4. The molecule has 0 unspecified atom stereocenters. The van der Waals surface area contributed by atoms with Crippen LogP contribution in [0.1, 0.15) is 39.0 Å². The molecular formula is C23H32N4O3. The monoisotopic (exact) mass is 412 g/mol. The second-order valence-electron chi connectivity index (χ2n) is 8.96. The second kappa shape index (κ2) is 8.52. The largest absolute Gasteiger partial charge is 0.459 e. The van der Waals surface area contributed by atoms with E-state index in [9.17, 15) is 9.59 Å². The van der Waals surface area contributed by atoms with E-state index in [-0.39, 0.29) is 17.6 Å². The van der Waals surface area contributed by atoms with Gasteiger partial charge in [-0.2, -0.15) is 0 Å². The number of urea groups is 1. The van der Waals surface area contributed by atoms with Crippen LogP contribution in [-0.2, 0) is 14.9 Å². The Morgan fingerprint density at radius 1 is 1.27 bits per heavy atom. The molecule has 7 heteroatoms. The van der Waals surface area contributed by atoms with Gasteiger partial charge in [0.1, 0.15) is 0 Å². The number of hydrogen-bond donors (Lipinski definition) is 2. The minimum Gasteiger partial charge on any atom is -0.459 e. The Kier molecular flexibility index (Phi) is 6.22. The van der Waals surface area contributed by atoms with Crippen LogP contribution in [0.2, 0.25) is 0 Å². The fourth-order valence-corrected chi connectivity index (χ4v) is 3.87. The van der Waals surface area contributed by atoms with Gasteiger partial charge in [0.15, 0.2) is 0 Å². The maximum Gasteiger partial charge on any atom is 0.342 e. The van der Waals surface area contributed by atoms with Crippen molar-refractivity contribution in [2.45, 2.75) is 39.2 Å². The minimum absolute atomic E-state index is 0.228. The number of para-hydroxylation sites is 1. The molecule has 0 bridgehead atoms. The van der Waals surface area contributed by atoms with Crippen LogP contribution in [0.15, 0.2) is 30.5 Å². The highest BCUT2D eigenvalue weighted by molar-refractivity contribution is 6.18. The molecule has 2 amide bonds. The molecule has 1 aliphatic rings. The molecule has 0 radical (unpaired) electrons. The van der Waals surface area contributed by atoms with Crippen molar-refractivity contribution >= 4 is 28.5 Å². The Morgan fingerprint density at radius 3 is 2.63 bits per heavy atom. The van der Waals surface area contributed by atoms with Crippen LogP contribution >= 0.6 is 0 Å². The third-order valence-electron chi connectivity index (χ3n) is 5.16. The highest BCUT2D eigenvalue weighted by Crippen LogP contribution is 2.40. The molecule has 2 N–H and O–H groups in total. The maximum absolute atomic E-state index is 13.0. The first kappa shape index (κ1) is 21.9. The van der Waals surface area contributed by atoms with Gasteiger partial charge in [0.2, 0.25) is 0 Å². The van der Waals surface area contributed by atoms with E-state index in [1.165, 1.54) is 0 Å². The van der Waals surface area contributed by atoms with Crippen molar-refractivity contribution in [3.8, 4) is 0 Å². The second-order valence-corrected chi connectivity index (χ2v) is 8.96. The first-order valence-corrected chi connectivity index (χ1v) is 10.3. The minimum atomic E-state index is -0.443. The molecule has 2 heterocycles. The number of rotatable bonds is 5. The lowest BCUT2D eigenvalue weighted by Gasteiger charge is -2.29. The number of ether oxygens (including phenoxy) is 1. The van der Waals surface area contributed by atoms with Gasteiger partial charge in [0, 0.05) is 42.2 Å². The van der Waals surface area contributed by atoms with E-state index in [2.05, 4.69) is 24.1 Å². The van der Waals surface area contributed by atoms with Gasteiger partial charge in [-0.05, 0) is 39.6 Å². The fraction of sp³-hybridized carbons (Fsp3) is 0.478. The molecule has 2 aromatic rings. The first-order chi connectivity index (χ1) is 14.1. The summed E-state index contributed by atoms with van der Waals surface area (Å²) < 4.78 is 5.51. The smallest absolute Gasteiger partial charge is 0.342 e. The summed E-state index contributed by atoms with van der Waals surface area (Å²) in [7, 11) is 3.91. The predicted molar refractivity (Wildman–Crippen MR) is 119 cm³/mol. The van der Waals surface area contributed by atoms with Gasteiger partial charge in [0.25, 0.3) is 0 Å². The molecule has 162 valence electrons. The zero-order chi connectivity index (χ0) is 22.1. The Morgan fingerprint density at radius 2 is 1.97 bits per heavy atom. The number of esters is 1. The number of fused-ring (bicyclic) bond motifs is 3. The fourth-order valence-electron chi connectivity index (χ4n) is 3.87. The number of nitrogens with zero attached hydrogens (tertiary/aromatic N) is 2. The molecule has 0 fully saturated rings. The number of aromatic amines is 1. The summed E-state index contributed by atoms with van der Waals surface area (Å²) in [6, 6.07) is 7.76. The Balaban J connectivity index is 2.07. The third-order valence-corrected chi connectivity index (χ3v) is 5.16. The molecule has 1 aromatic carbocycles. The first-order valence-electron chi connectivity index (χ1n) is 10.3. The van der Waals surface area contributed by atoms with Crippen molar-refractivity contribution in [1.82, 2.24) is 20.1 Å². The summed E-state index contributed by atoms with van der Waals surface area (Å²) in [5.41, 5.74) is 2.68. The summed E-state index contributed by atoms with van der Waals surface area (Å²) in [4.78, 5) is 32.9. The molecule has 0 aliphatic carbocycles. The number of aromatic nitrogens is 1. The molecule has 1 aromatic heterocycles. The van der Waals surface area contributed by atoms with Gasteiger partial charge in [-0.1, -0.05) is 32.0 Å².